The van der Waals surface area contributed by atoms with Gasteiger partial charge in [-0.25, -0.2) is 9.97 Å². The minimum Gasteiger partial charge on any atom is -0.294 e. The molecule has 19 heavy (non-hydrogen) atoms. The fraction of sp³-hybridized carbons (Fsp3) is 0.615. The van der Waals surface area contributed by atoms with E-state index >= 15 is 0 Å². The third-order valence-corrected chi connectivity index (χ3v) is 4.77. The van der Waals surface area contributed by atoms with E-state index in [0.29, 0.717) is 6.04 Å². The van der Waals surface area contributed by atoms with Gasteiger partial charge in [-0.1, -0.05) is 0 Å². The minimum atomic E-state index is 0.336. The molecule has 102 valence electrons. The van der Waals surface area contributed by atoms with E-state index in [-0.39, 0.29) is 0 Å². The Morgan fingerprint density at radius 1 is 1.42 bits per heavy atom. The van der Waals surface area contributed by atoms with Crippen molar-refractivity contribution < 1.29 is 0 Å². The molecule has 1 N–H and O–H groups in total. The first-order valence-electron chi connectivity index (χ1n) is 6.80. The molecule has 1 saturated heterocycles. The van der Waals surface area contributed by atoms with Crippen LogP contribution >= 0.6 is 11.3 Å². The Bertz CT molecular complexity index is 473. The van der Waals surface area contributed by atoms with E-state index in [2.05, 4.69) is 37.4 Å². The van der Waals surface area contributed by atoms with Crippen LogP contribution in [0.3, 0.4) is 0 Å². The van der Waals surface area contributed by atoms with Gasteiger partial charge in [-0.15, -0.1) is 11.3 Å². The summed E-state index contributed by atoms with van der Waals surface area (Å²) in [4.78, 5) is 11.1. The molecule has 0 spiro atoms. The highest BCUT2D eigenvalue weighted by atomic mass is 32.1. The smallest absolute Gasteiger partial charge is 0.141 e. The summed E-state index contributed by atoms with van der Waals surface area (Å²) in [6.07, 6.45) is 7.13. The Hall–Kier alpha value is -1.27. The lowest BCUT2D eigenvalue weighted by Crippen LogP contribution is -2.36. The summed E-state index contributed by atoms with van der Waals surface area (Å²) in [5, 5.41) is 10.2. The van der Waals surface area contributed by atoms with Crippen molar-refractivity contribution in [2.75, 3.05) is 13.1 Å². The minimum absolute atomic E-state index is 0.336. The molecule has 3 heterocycles. The van der Waals surface area contributed by atoms with Crippen LogP contribution in [-0.2, 0) is 6.42 Å². The molecule has 0 aromatic carbocycles. The van der Waals surface area contributed by atoms with Crippen LogP contribution in [0.1, 0.15) is 36.6 Å². The van der Waals surface area contributed by atoms with Gasteiger partial charge in [0.2, 0.25) is 0 Å². The van der Waals surface area contributed by atoms with Crippen LogP contribution in [0.15, 0.2) is 17.9 Å². The third kappa shape index (κ3) is 3.01. The highest BCUT2D eigenvalue weighted by Crippen LogP contribution is 2.27. The predicted octanol–water partition coefficient (Wildman–Crippen LogP) is 2.28. The van der Waals surface area contributed by atoms with Crippen LogP contribution in [0.2, 0.25) is 0 Å². The topological polar surface area (TPSA) is 57.7 Å². The van der Waals surface area contributed by atoms with Crippen molar-refractivity contribution in [1.29, 1.82) is 0 Å². The monoisotopic (exact) mass is 277 g/mol. The van der Waals surface area contributed by atoms with Crippen molar-refractivity contribution in [2.24, 2.45) is 5.92 Å². The maximum atomic E-state index is 4.39. The van der Waals surface area contributed by atoms with Gasteiger partial charge in [0.25, 0.3) is 0 Å². The van der Waals surface area contributed by atoms with Crippen LogP contribution in [0.25, 0.3) is 0 Å². The number of thiazole rings is 1. The number of piperidine rings is 1. The molecule has 2 aromatic rings. The summed E-state index contributed by atoms with van der Waals surface area (Å²) < 4.78 is 0. The van der Waals surface area contributed by atoms with Crippen molar-refractivity contribution in [2.45, 2.75) is 32.2 Å². The van der Waals surface area contributed by atoms with Crippen LogP contribution in [0.4, 0.5) is 0 Å². The summed E-state index contributed by atoms with van der Waals surface area (Å²) in [6, 6.07) is 0.336. The maximum absolute atomic E-state index is 4.39. The van der Waals surface area contributed by atoms with E-state index < -0.39 is 0 Å². The SMILES string of the molecule is CC(c1ncn[nH]1)N1CCC(Cc2nccs2)CC1. The Balaban J connectivity index is 1.52. The molecule has 0 aliphatic carbocycles. The first-order chi connectivity index (χ1) is 9.33. The second-order valence-corrected chi connectivity index (χ2v) is 6.14. The summed E-state index contributed by atoms with van der Waals surface area (Å²) in [7, 11) is 0. The van der Waals surface area contributed by atoms with Gasteiger partial charge < -0.3 is 0 Å². The standard InChI is InChI=1S/C13H19N5S/c1-10(13-15-9-16-17-13)18-5-2-11(3-6-18)8-12-14-4-7-19-12/h4,7,9-11H,2-3,5-6,8H2,1H3,(H,15,16,17). The number of H-pyrrole nitrogens is 1. The van der Waals surface area contributed by atoms with Gasteiger partial charge in [0.15, 0.2) is 0 Å². The number of hydrogen-bond donors (Lipinski definition) is 1. The molecule has 0 radical (unpaired) electrons. The second kappa shape index (κ2) is 5.79. The molecule has 2 aromatic heterocycles. The van der Waals surface area contributed by atoms with Gasteiger partial charge >= 0.3 is 0 Å². The van der Waals surface area contributed by atoms with Crippen LogP contribution in [0.5, 0.6) is 0 Å². The number of nitrogens with zero attached hydrogens (tertiary/aromatic N) is 4. The maximum Gasteiger partial charge on any atom is 0.141 e. The molecule has 1 atom stereocenters. The van der Waals surface area contributed by atoms with Gasteiger partial charge in [-0.3, -0.25) is 10.00 Å². The van der Waals surface area contributed by atoms with Crippen molar-refractivity contribution >= 4 is 11.3 Å². The van der Waals surface area contributed by atoms with Crippen LogP contribution in [-0.4, -0.2) is 38.2 Å². The van der Waals surface area contributed by atoms with E-state index in [0.717, 1.165) is 31.3 Å². The predicted molar refractivity (Wildman–Crippen MR) is 74.9 cm³/mol. The van der Waals surface area contributed by atoms with Crippen molar-refractivity contribution in [3.63, 3.8) is 0 Å². The summed E-state index contributed by atoms with van der Waals surface area (Å²) in [5.74, 6) is 1.75. The van der Waals surface area contributed by atoms with E-state index in [1.54, 1.807) is 17.7 Å². The molecule has 0 amide bonds. The quantitative estimate of drug-likeness (QED) is 0.931. The van der Waals surface area contributed by atoms with Gasteiger partial charge in [0.1, 0.15) is 12.2 Å². The largest absolute Gasteiger partial charge is 0.294 e. The van der Waals surface area contributed by atoms with Gasteiger partial charge in [0.05, 0.1) is 11.0 Å². The summed E-state index contributed by atoms with van der Waals surface area (Å²) in [6.45, 7) is 4.47. The molecule has 6 heteroatoms. The van der Waals surface area contributed by atoms with Crippen molar-refractivity contribution in [1.82, 2.24) is 25.1 Å². The average Bonchev–Trinajstić information content (AvgIpc) is 3.12. The Morgan fingerprint density at radius 2 is 2.26 bits per heavy atom. The number of aromatic nitrogens is 4. The highest BCUT2D eigenvalue weighted by Gasteiger charge is 2.25. The van der Waals surface area contributed by atoms with Gasteiger partial charge in [-0.2, -0.15) is 5.10 Å². The normalized spacial score (nSPS) is 19.6. The molecular formula is C13H19N5S. The fourth-order valence-corrected chi connectivity index (χ4v) is 3.47. The van der Waals surface area contributed by atoms with E-state index in [9.17, 15) is 0 Å². The molecule has 0 bridgehead atoms. The lowest BCUT2D eigenvalue weighted by Gasteiger charge is -2.34. The number of aromatic amines is 1. The molecule has 0 saturated carbocycles. The summed E-state index contributed by atoms with van der Waals surface area (Å²) in [5.41, 5.74) is 0. The van der Waals surface area contributed by atoms with Gasteiger partial charge in [0, 0.05) is 18.0 Å². The molecular weight excluding hydrogens is 258 g/mol. The Labute approximate surface area is 117 Å². The number of nitrogens with one attached hydrogen (secondary N) is 1. The fourth-order valence-electron chi connectivity index (χ4n) is 2.73. The number of hydrogen-bond acceptors (Lipinski definition) is 5. The third-order valence-electron chi connectivity index (χ3n) is 3.97. The molecule has 5 nitrogen and oxygen atoms in total. The Kier molecular flexibility index (Phi) is 3.89. The highest BCUT2D eigenvalue weighted by molar-refractivity contribution is 7.09. The number of rotatable bonds is 4. The lowest BCUT2D eigenvalue weighted by atomic mass is 9.93. The first kappa shape index (κ1) is 12.7. The average molecular weight is 277 g/mol. The van der Waals surface area contributed by atoms with Crippen molar-refractivity contribution in [3.05, 3.63) is 28.7 Å². The van der Waals surface area contributed by atoms with Crippen molar-refractivity contribution in [3.8, 4) is 0 Å². The zero-order valence-electron chi connectivity index (χ0n) is 11.1. The molecule has 1 fully saturated rings. The number of likely N-dealkylation sites (tertiary alicyclic amines) is 1. The zero-order chi connectivity index (χ0) is 13.1. The lowest BCUT2D eigenvalue weighted by molar-refractivity contribution is 0.136. The first-order valence-corrected chi connectivity index (χ1v) is 7.68. The molecule has 3 rings (SSSR count). The summed E-state index contributed by atoms with van der Waals surface area (Å²) >= 11 is 1.77. The van der Waals surface area contributed by atoms with Gasteiger partial charge in [-0.05, 0) is 38.8 Å². The molecule has 1 aliphatic heterocycles. The Morgan fingerprint density at radius 3 is 2.89 bits per heavy atom. The molecule has 1 aliphatic rings. The van der Waals surface area contributed by atoms with E-state index in [4.69, 9.17) is 0 Å². The second-order valence-electron chi connectivity index (χ2n) is 5.16. The van der Waals surface area contributed by atoms with Crippen LogP contribution < -0.4 is 0 Å². The van der Waals surface area contributed by atoms with E-state index in [1.807, 2.05) is 6.20 Å². The van der Waals surface area contributed by atoms with E-state index in [1.165, 1.54) is 17.8 Å². The van der Waals surface area contributed by atoms with Crippen LogP contribution in [0, 0.1) is 5.92 Å². The zero-order valence-corrected chi connectivity index (χ0v) is 11.9. The molecule has 1 unspecified atom stereocenters.